The number of hydrogen-bond acceptors (Lipinski definition) is 5. The molecule has 116 valence electrons. The fourth-order valence-corrected chi connectivity index (χ4v) is 2.06. The van der Waals surface area contributed by atoms with E-state index >= 15 is 0 Å². The molecule has 0 aliphatic heterocycles. The summed E-state index contributed by atoms with van der Waals surface area (Å²) in [4.78, 5) is 39.8. The number of rotatable bonds is 5. The number of terminal acetylenes is 1. The predicted octanol–water partition coefficient (Wildman–Crippen LogP) is -0.610. The molecule has 0 spiro atoms. The van der Waals surface area contributed by atoms with Gasteiger partial charge in [-0.3, -0.25) is 18.7 Å². The summed E-state index contributed by atoms with van der Waals surface area (Å²) in [5, 5.41) is 0. The number of ether oxygens (including phenoxy) is 1. The second-order valence-corrected chi connectivity index (χ2v) is 4.78. The Balaban J connectivity index is 2.27. The van der Waals surface area contributed by atoms with Crippen molar-refractivity contribution in [3.63, 3.8) is 0 Å². The van der Waals surface area contributed by atoms with E-state index in [1.807, 2.05) is 0 Å². The fraction of sp³-hybridized carbons (Fsp3) is 0.429. The van der Waals surface area contributed by atoms with Crippen LogP contribution in [0.15, 0.2) is 15.9 Å². The van der Waals surface area contributed by atoms with Gasteiger partial charge in [-0.1, -0.05) is 0 Å². The first-order valence-corrected chi connectivity index (χ1v) is 6.67. The minimum absolute atomic E-state index is 0.153. The highest BCUT2D eigenvalue weighted by Gasteiger charge is 2.16. The molecule has 8 nitrogen and oxygen atoms in total. The Morgan fingerprint density at radius 3 is 2.77 bits per heavy atom. The van der Waals surface area contributed by atoms with E-state index in [1.54, 1.807) is 0 Å². The number of fused-ring (bicyclic) bond motifs is 1. The first-order valence-electron chi connectivity index (χ1n) is 6.67. The van der Waals surface area contributed by atoms with Crippen molar-refractivity contribution in [1.82, 2.24) is 18.7 Å². The molecular weight excluding hydrogens is 288 g/mol. The van der Waals surface area contributed by atoms with E-state index in [1.165, 1.54) is 29.6 Å². The topological polar surface area (TPSA) is 88.1 Å². The molecule has 0 aliphatic carbocycles. The van der Waals surface area contributed by atoms with Crippen LogP contribution in [-0.2, 0) is 30.2 Å². The molecule has 0 radical (unpaired) electrons. The van der Waals surface area contributed by atoms with Gasteiger partial charge in [-0.05, 0) is 6.42 Å². The summed E-state index contributed by atoms with van der Waals surface area (Å²) < 4.78 is 8.63. The molecule has 0 unspecified atom stereocenters. The van der Waals surface area contributed by atoms with Crippen molar-refractivity contribution in [2.45, 2.75) is 19.4 Å². The lowest BCUT2D eigenvalue weighted by atomic mass is 10.3. The Morgan fingerprint density at radius 2 is 2.09 bits per heavy atom. The van der Waals surface area contributed by atoms with Gasteiger partial charge in [-0.2, -0.15) is 0 Å². The van der Waals surface area contributed by atoms with Gasteiger partial charge in [0.15, 0.2) is 11.2 Å². The number of imidazole rings is 1. The van der Waals surface area contributed by atoms with Gasteiger partial charge in [-0.25, -0.2) is 9.78 Å². The number of carbonyl (C=O) groups is 1. The highest BCUT2D eigenvalue weighted by atomic mass is 16.5. The molecule has 0 aromatic carbocycles. The monoisotopic (exact) mass is 304 g/mol. The van der Waals surface area contributed by atoms with E-state index in [0.29, 0.717) is 12.8 Å². The molecule has 0 N–H and O–H groups in total. The van der Waals surface area contributed by atoms with Crippen LogP contribution < -0.4 is 11.2 Å². The first-order chi connectivity index (χ1) is 10.5. The number of hydrogen-bond donors (Lipinski definition) is 0. The fourth-order valence-electron chi connectivity index (χ4n) is 2.06. The number of unbranched alkanes of at least 4 members (excludes halogenated alkanes) is 1. The van der Waals surface area contributed by atoms with E-state index in [4.69, 9.17) is 11.2 Å². The number of nitrogens with zero attached hydrogens (tertiary/aromatic N) is 4. The van der Waals surface area contributed by atoms with Gasteiger partial charge in [0, 0.05) is 20.5 Å². The lowest BCUT2D eigenvalue weighted by Gasteiger charge is -2.07. The molecule has 2 aromatic rings. The molecule has 0 saturated carbocycles. The summed E-state index contributed by atoms with van der Waals surface area (Å²) in [7, 11) is 2.89. The van der Waals surface area contributed by atoms with E-state index in [-0.39, 0.29) is 24.3 Å². The lowest BCUT2D eigenvalue weighted by Crippen LogP contribution is -2.37. The van der Waals surface area contributed by atoms with Gasteiger partial charge in [0.1, 0.15) is 6.54 Å². The summed E-state index contributed by atoms with van der Waals surface area (Å²) in [6, 6.07) is 0. The summed E-state index contributed by atoms with van der Waals surface area (Å²) in [5.41, 5.74) is -0.561. The Labute approximate surface area is 125 Å². The Hall–Kier alpha value is -2.82. The molecule has 8 heteroatoms. The van der Waals surface area contributed by atoms with Gasteiger partial charge in [0.25, 0.3) is 5.56 Å². The van der Waals surface area contributed by atoms with Crippen molar-refractivity contribution in [3.05, 3.63) is 27.2 Å². The minimum Gasteiger partial charge on any atom is -0.464 e. The van der Waals surface area contributed by atoms with Gasteiger partial charge in [0.05, 0.1) is 12.9 Å². The summed E-state index contributed by atoms with van der Waals surface area (Å²) in [5.74, 6) is 1.96. The van der Waals surface area contributed by atoms with Gasteiger partial charge < -0.3 is 9.30 Å². The molecule has 2 rings (SSSR count). The molecule has 0 bridgehead atoms. The van der Waals surface area contributed by atoms with Crippen LogP contribution in [0.25, 0.3) is 11.2 Å². The van der Waals surface area contributed by atoms with Crippen LogP contribution in [0.5, 0.6) is 0 Å². The number of aryl methyl sites for hydroxylation is 1. The maximum atomic E-state index is 12.2. The quantitative estimate of drug-likeness (QED) is 0.418. The summed E-state index contributed by atoms with van der Waals surface area (Å²) in [6.07, 6.45) is 7.57. The van der Waals surface area contributed by atoms with Crippen molar-refractivity contribution in [1.29, 1.82) is 0 Å². The molecule has 0 atom stereocenters. The highest BCUT2D eigenvalue weighted by Crippen LogP contribution is 2.05. The average molecular weight is 304 g/mol. The number of aromatic nitrogens is 4. The molecule has 2 aromatic heterocycles. The lowest BCUT2D eigenvalue weighted by molar-refractivity contribution is -0.144. The van der Waals surface area contributed by atoms with Crippen LogP contribution in [0.2, 0.25) is 0 Å². The number of carbonyl (C=O) groups excluding carboxylic acids is 1. The van der Waals surface area contributed by atoms with E-state index in [2.05, 4.69) is 10.9 Å². The third kappa shape index (κ3) is 2.79. The molecule has 2 heterocycles. The summed E-state index contributed by atoms with van der Waals surface area (Å²) in [6.45, 7) is 0.0756. The zero-order chi connectivity index (χ0) is 16.3. The molecular formula is C14H16N4O4. The van der Waals surface area contributed by atoms with Crippen molar-refractivity contribution < 1.29 is 9.53 Å². The smallest absolute Gasteiger partial charge is 0.332 e. The SMILES string of the molecule is C#CCCCOC(=O)Cn1cnc2c1c(=O)n(C)c(=O)n2C. The average Bonchev–Trinajstić information content (AvgIpc) is 2.91. The predicted molar refractivity (Wildman–Crippen MR) is 79.2 cm³/mol. The Bertz CT molecular complexity index is 866. The molecule has 0 saturated heterocycles. The zero-order valence-electron chi connectivity index (χ0n) is 12.4. The molecule has 22 heavy (non-hydrogen) atoms. The van der Waals surface area contributed by atoms with Gasteiger partial charge >= 0.3 is 11.7 Å². The maximum Gasteiger partial charge on any atom is 0.332 e. The normalized spacial score (nSPS) is 10.6. The second kappa shape index (κ2) is 6.30. The van der Waals surface area contributed by atoms with Crippen LogP contribution in [0.4, 0.5) is 0 Å². The Morgan fingerprint density at radius 1 is 1.36 bits per heavy atom. The second-order valence-electron chi connectivity index (χ2n) is 4.78. The molecule has 0 aliphatic rings. The minimum atomic E-state index is -0.504. The largest absolute Gasteiger partial charge is 0.464 e. The van der Waals surface area contributed by atoms with Gasteiger partial charge in [-0.15, -0.1) is 12.3 Å². The van der Waals surface area contributed by atoms with E-state index in [9.17, 15) is 14.4 Å². The summed E-state index contributed by atoms with van der Waals surface area (Å²) >= 11 is 0. The van der Waals surface area contributed by atoms with E-state index < -0.39 is 17.2 Å². The van der Waals surface area contributed by atoms with Crippen molar-refractivity contribution in [2.75, 3.05) is 6.61 Å². The zero-order valence-corrected chi connectivity index (χ0v) is 12.4. The van der Waals surface area contributed by atoms with Crippen molar-refractivity contribution in [2.24, 2.45) is 14.1 Å². The third-order valence-electron chi connectivity index (χ3n) is 3.25. The third-order valence-corrected chi connectivity index (χ3v) is 3.25. The maximum absolute atomic E-state index is 12.2. The van der Waals surface area contributed by atoms with Crippen molar-refractivity contribution >= 4 is 17.1 Å². The molecule has 0 amide bonds. The standard InChI is InChI=1S/C14H16N4O4/c1-4-5-6-7-22-10(19)8-18-9-15-12-11(18)13(20)17(3)14(21)16(12)2/h1,9H,5-8H2,2-3H3. The Kier molecular flexibility index (Phi) is 4.46. The van der Waals surface area contributed by atoms with Crippen LogP contribution >= 0.6 is 0 Å². The number of esters is 1. The molecule has 0 fully saturated rings. The first kappa shape index (κ1) is 15.6. The van der Waals surface area contributed by atoms with Crippen LogP contribution in [0, 0.1) is 12.3 Å². The van der Waals surface area contributed by atoms with Crippen molar-refractivity contribution in [3.8, 4) is 12.3 Å². The van der Waals surface area contributed by atoms with Gasteiger partial charge in [0.2, 0.25) is 0 Å². The highest BCUT2D eigenvalue weighted by molar-refractivity contribution is 5.75. The van der Waals surface area contributed by atoms with E-state index in [0.717, 1.165) is 4.57 Å². The van der Waals surface area contributed by atoms with Crippen LogP contribution in [0.1, 0.15) is 12.8 Å². The van der Waals surface area contributed by atoms with Crippen LogP contribution in [0.3, 0.4) is 0 Å². The van der Waals surface area contributed by atoms with Crippen LogP contribution in [-0.4, -0.2) is 31.3 Å².